The van der Waals surface area contributed by atoms with Crippen LogP contribution in [0.1, 0.15) is 37.3 Å². The number of carbonyl (C=O) groups is 1. The van der Waals surface area contributed by atoms with Gasteiger partial charge in [0.05, 0.1) is 0 Å². The molecule has 3 heteroatoms. The second-order valence-electron chi connectivity index (χ2n) is 4.33. The molecule has 0 atom stereocenters. The Morgan fingerprint density at radius 2 is 2.18 bits per heavy atom. The van der Waals surface area contributed by atoms with Crippen molar-refractivity contribution in [3.8, 4) is 0 Å². The Labute approximate surface area is 100 Å². The second-order valence-corrected chi connectivity index (χ2v) is 4.33. The molecule has 1 aromatic rings. The average molecular weight is 233 g/mol. The molecule has 2 rings (SSSR count). The fraction of sp³-hybridized carbons (Fsp3) is 0.357. The van der Waals surface area contributed by atoms with Gasteiger partial charge in [0.15, 0.2) is 0 Å². The standard InChI is InChI=1S/C14H16FNO/c1-2-11(14(16)17)12-5-3-4-9-6-7-10(15)8-13(9)12/h6-8H,2-5H2,1H3,(H2,16,17). The van der Waals surface area contributed by atoms with E-state index in [4.69, 9.17) is 5.73 Å². The molecule has 2 nitrogen and oxygen atoms in total. The van der Waals surface area contributed by atoms with Crippen LogP contribution in [0, 0.1) is 5.82 Å². The first kappa shape index (κ1) is 11.8. The molecule has 1 aromatic carbocycles. The van der Waals surface area contributed by atoms with E-state index in [0.717, 1.165) is 36.0 Å². The number of halogens is 1. The number of nitrogens with two attached hydrogens (primary N) is 1. The van der Waals surface area contributed by atoms with Crippen molar-refractivity contribution in [1.29, 1.82) is 0 Å². The van der Waals surface area contributed by atoms with Crippen molar-refractivity contribution in [2.75, 3.05) is 0 Å². The highest BCUT2D eigenvalue weighted by Gasteiger charge is 2.19. The smallest absolute Gasteiger partial charge is 0.244 e. The van der Waals surface area contributed by atoms with Gasteiger partial charge >= 0.3 is 0 Å². The van der Waals surface area contributed by atoms with Crippen molar-refractivity contribution in [2.45, 2.75) is 32.6 Å². The minimum absolute atomic E-state index is 0.261. The number of hydrogen-bond acceptors (Lipinski definition) is 1. The molecule has 0 saturated heterocycles. The predicted molar refractivity (Wildman–Crippen MR) is 65.7 cm³/mol. The largest absolute Gasteiger partial charge is 0.366 e. The Morgan fingerprint density at radius 1 is 1.41 bits per heavy atom. The van der Waals surface area contributed by atoms with Gasteiger partial charge in [-0.1, -0.05) is 13.0 Å². The predicted octanol–water partition coefficient (Wildman–Crippen LogP) is 2.81. The number of primary amides is 1. The van der Waals surface area contributed by atoms with E-state index in [1.807, 2.05) is 6.92 Å². The van der Waals surface area contributed by atoms with Gasteiger partial charge in [-0.15, -0.1) is 0 Å². The monoisotopic (exact) mass is 233 g/mol. The third-order valence-electron chi connectivity index (χ3n) is 3.29. The maximum atomic E-state index is 13.3. The molecule has 17 heavy (non-hydrogen) atoms. The van der Waals surface area contributed by atoms with E-state index < -0.39 is 0 Å². The Morgan fingerprint density at radius 3 is 2.82 bits per heavy atom. The van der Waals surface area contributed by atoms with Gasteiger partial charge in [0.25, 0.3) is 0 Å². The molecule has 0 saturated carbocycles. The van der Waals surface area contributed by atoms with Crippen LogP contribution in [0.5, 0.6) is 0 Å². The Balaban J connectivity index is 2.60. The molecule has 1 aliphatic carbocycles. The number of rotatable bonds is 2. The second kappa shape index (κ2) is 4.70. The first-order chi connectivity index (χ1) is 8.13. The van der Waals surface area contributed by atoms with Crippen molar-refractivity contribution in [2.24, 2.45) is 5.73 Å². The van der Waals surface area contributed by atoms with Crippen LogP contribution in [0.15, 0.2) is 23.8 Å². The number of allylic oxidation sites excluding steroid dienone is 1. The summed E-state index contributed by atoms with van der Waals surface area (Å²) in [7, 11) is 0. The summed E-state index contributed by atoms with van der Waals surface area (Å²) in [5.41, 5.74) is 8.93. The minimum atomic E-state index is -0.389. The average Bonchev–Trinajstić information content (AvgIpc) is 2.30. The van der Waals surface area contributed by atoms with Gasteiger partial charge in [0, 0.05) is 5.57 Å². The molecule has 0 bridgehead atoms. The lowest BCUT2D eigenvalue weighted by Gasteiger charge is -2.21. The molecular weight excluding hydrogens is 217 g/mol. The highest BCUT2D eigenvalue weighted by atomic mass is 19.1. The van der Waals surface area contributed by atoms with E-state index >= 15 is 0 Å². The van der Waals surface area contributed by atoms with Crippen molar-refractivity contribution in [3.63, 3.8) is 0 Å². The molecule has 0 aliphatic heterocycles. The number of hydrogen-bond donors (Lipinski definition) is 1. The highest BCUT2D eigenvalue weighted by Crippen LogP contribution is 2.34. The number of carbonyl (C=O) groups excluding carboxylic acids is 1. The number of aryl methyl sites for hydroxylation is 1. The maximum absolute atomic E-state index is 13.3. The summed E-state index contributed by atoms with van der Waals surface area (Å²) < 4.78 is 13.3. The molecule has 0 unspecified atom stereocenters. The normalized spacial score (nSPS) is 17.5. The maximum Gasteiger partial charge on any atom is 0.244 e. The van der Waals surface area contributed by atoms with E-state index in [1.54, 1.807) is 6.07 Å². The summed E-state index contributed by atoms with van der Waals surface area (Å²) in [6.45, 7) is 1.90. The molecule has 90 valence electrons. The Hall–Kier alpha value is -1.64. The lowest BCUT2D eigenvalue weighted by Crippen LogP contribution is -2.17. The van der Waals surface area contributed by atoms with Crippen LogP contribution in [0.2, 0.25) is 0 Å². The first-order valence-corrected chi connectivity index (χ1v) is 5.94. The van der Waals surface area contributed by atoms with Crippen LogP contribution in [0.3, 0.4) is 0 Å². The summed E-state index contributed by atoms with van der Waals surface area (Å²) in [6, 6.07) is 4.79. The first-order valence-electron chi connectivity index (χ1n) is 5.94. The molecule has 0 radical (unpaired) electrons. The molecule has 0 fully saturated rings. The van der Waals surface area contributed by atoms with Gasteiger partial charge in [-0.3, -0.25) is 4.79 Å². The molecule has 0 spiro atoms. The molecule has 2 N–H and O–H groups in total. The van der Waals surface area contributed by atoms with Gasteiger partial charge in [0.1, 0.15) is 5.82 Å². The van der Waals surface area contributed by atoms with Crippen LogP contribution >= 0.6 is 0 Å². The van der Waals surface area contributed by atoms with Gasteiger partial charge in [-0.2, -0.15) is 0 Å². The summed E-state index contributed by atoms with van der Waals surface area (Å²) in [5.74, 6) is -0.650. The lowest BCUT2D eigenvalue weighted by atomic mass is 9.84. The summed E-state index contributed by atoms with van der Waals surface area (Å²) in [6.07, 6.45) is 3.34. The van der Waals surface area contributed by atoms with Gasteiger partial charge in [0.2, 0.25) is 5.91 Å². The molecular formula is C14H16FNO. The van der Waals surface area contributed by atoms with Gasteiger partial charge < -0.3 is 5.73 Å². The van der Waals surface area contributed by atoms with E-state index in [1.165, 1.54) is 12.1 Å². The zero-order chi connectivity index (χ0) is 12.4. The summed E-state index contributed by atoms with van der Waals surface area (Å²) >= 11 is 0. The lowest BCUT2D eigenvalue weighted by molar-refractivity contribution is -0.114. The Kier molecular flexibility index (Phi) is 3.27. The zero-order valence-corrected chi connectivity index (χ0v) is 9.92. The van der Waals surface area contributed by atoms with Crippen LogP contribution in [-0.4, -0.2) is 5.91 Å². The fourth-order valence-corrected chi connectivity index (χ4v) is 2.49. The molecule has 1 aliphatic rings. The van der Waals surface area contributed by atoms with Crippen molar-refractivity contribution >= 4 is 11.5 Å². The van der Waals surface area contributed by atoms with Crippen LogP contribution in [0.25, 0.3) is 5.57 Å². The Bertz CT molecular complexity index is 491. The zero-order valence-electron chi connectivity index (χ0n) is 9.92. The highest BCUT2D eigenvalue weighted by molar-refractivity contribution is 6.00. The van der Waals surface area contributed by atoms with E-state index in [9.17, 15) is 9.18 Å². The van der Waals surface area contributed by atoms with E-state index in [0.29, 0.717) is 12.0 Å². The van der Waals surface area contributed by atoms with Crippen LogP contribution in [-0.2, 0) is 11.2 Å². The fourth-order valence-electron chi connectivity index (χ4n) is 2.49. The molecule has 1 amide bonds. The van der Waals surface area contributed by atoms with E-state index in [2.05, 4.69) is 0 Å². The number of amides is 1. The third-order valence-corrected chi connectivity index (χ3v) is 3.29. The van der Waals surface area contributed by atoms with Gasteiger partial charge in [-0.05, 0) is 54.5 Å². The van der Waals surface area contributed by atoms with Crippen molar-refractivity contribution < 1.29 is 9.18 Å². The number of benzene rings is 1. The minimum Gasteiger partial charge on any atom is -0.366 e. The van der Waals surface area contributed by atoms with Gasteiger partial charge in [-0.25, -0.2) is 4.39 Å². The number of fused-ring (bicyclic) bond motifs is 1. The third kappa shape index (κ3) is 2.23. The summed E-state index contributed by atoms with van der Waals surface area (Å²) in [5, 5.41) is 0. The van der Waals surface area contributed by atoms with Crippen LogP contribution in [0.4, 0.5) is 4.39 Å². The summed E-state index contributed by atoms with van der Waals surface area (Å²) in [4.78, 5) is 11.4. The van der Waals surface area contributed by atoms with E-state index in [-0.39, 0.29) is 11.7 Å². The van der Waals surface area contributed by atoms with Crippen molar-refractivity contribution in [3.05, 3.63) is 40.7 Å². The molecule has 0 aromatic heterocycles. The molecule has 0 heterocycles. The topological polar surface area (TPSA) is 43.1 Å². The van der Waals surface area contributed by atoms with Crippen molar-refractivity contribution in [1.82, 2.24) is 0 Å². The quantitative estimate of drug-likeness (QED) is 0.784. The SMILES string of the molecule is CCC(C(N)=O)=C1CCCc2ccc(F)cc21. The van der Waals surface area contributed by atoms with Crippen LogP contribution < -0.4 is 5.73 Å².